The van der Waals surface area contributed by atoms with Gasteiger partial charge in [-0.1, -0.05) is 17.4 Å². The summed E-state index contributed by atoms with van der Waals surface area (Å²) < 4.78 is 57.0. The van der Waals surface area contributed by atoms with Crippen molar-refractivity contribution in [2.45, 2.75) is 12.7 Å². The molecule has 25 heavy (non-hydrogen) atoms. The van der Waals surface area contributed by atoms with Gasteiger partial charge in [-0.2, -0.15) is 13.2 Å². The van der Waals surface area contributed by atoms with Crippen molar-refractivity contribution in [1.82, 2.24) is 9.97 Å². The maximum Gasteiger partial charge on any atom is 0.427 e. The number of nitrogens with one attached hydrogen (secondary N) is 1. The summed E-state index contributed by atoms with van der Waals surface area (Å²) in [4.78, 5) is 6.73. The number of halogens is 4. The average Bonchev–Trinajstić information content (AvgIpc) is 3.05. The lowest BCUT2D eigenvalue weighted by Gasteiger charge is -2.08. The molecule has 0 saturated carbocycles. The smallest absolute Gasteiger partial charge is 0.427 e. The fraction of sp³-hybridized carbons (Fsp3) is 0.125. The van der Waals surface area contributed by atoms with Gasteiger partial charge in [0.25, 0.3) is 0 Å². The highest BCUT2D eigenvalue weighted by molar-refractivity contribution is 7.15. The molecule has 1 N–H and O–H groups in total. The Kier molecular flexibility index (Phi) is 4.84. The van der Waals surface area contributed by atoms with E-state index in [9.17, 15) is 17.6 Å². The van der Waals surface area contributed by atoms with Gasteiger partial charge in [-0.3, -0.25) is 4.98 Å². The molecule has 3 rings (SSSR count). The van der Waals surface area contributed by atoms with Gasteiger partial charge in [0, 0.05) is 12.7 Å². The van der Waals surface area contributed by atoms with Crippen LogP contribution in [0.4, 0.5) is 22.7 Å². The molecule has 4 nitrogen and oxygen atoms in total. The minimum Gasteiger partial charge on any atom is -0.453 e. The SMILES string of the molecule is Fc1cc(CNc2ncc(C(F)(F)F)s2)ccc1Oc1cccnc1. The number of hydrogen-bond acceptors (Lipinski definition) is 5. The Morgan fingerprint density at radius 1 is 1.16 bits per heavy atom. The van der Waals surface area contributed by atoms with E-state index in [0.717, 1.165) is 6.20 Å². The van der Waals surface area contributed by atoms with E-state index in [-0.39, 0.29) is 17.4 Å². The summed E-state index contributed by atoms with van der Waals surface area (Å²) in [7, 11) is 0. The molecule has 1 aromatic carbocycles. The van der Waals surface area contributed by atoms with Crippen LogP contribution in [-0.2, 0) is 12.7 Å². The van der Waals surface area contributed by atoms with Crippen molar-refractivity contribution in [1.29, 1.82) is 0 Å². The van der Waals surface area contributed by atoms with E-state index in [1.54, 1.807) is 24.4 Å². The van der Waals surface area contributed by atoms with Gasteiger partial charge >= 0.3 is 6.18 Å². The lowest BCUT2D eigenvalue weighted by molar-refractivity contribution is -0.134. The second-order valence-corrected chi connectivity index (χ2v) is 5.97. The summed E-state index contributed by atoms with van der Waals surface area (Å²) in [5, 5.41) is 2.85. The Morgan fingerprint density at radius 3 is 2.64 bits per heavy atom. The molecule has 0 atom stereocenters. The molecule has 0 unspecified atom stereocenters. The summed E-state index contributed by atoms with van der Waals surface area (Å²) in [6.07, 6.45) is -0.635. The van der Waals surface area contributed by atoms with Gasteiger partial charge < -0.3 is 10.1 Å². The highest BCUT2D eigenvalue weighted by Gasteiger charge is 2.33. The zero-order valence-electron chi connectivity index (χ0n) is 12.5. The first-order valence-electron chi connectivity index (χ1n) is 7.05. The van der Waals surface area contributed by atoms with E-state index in [2.05, 4.69) is 15.3 Å². The molecule has 0 aliphatic rings. The summed E-state index contributed by atoms with van der Waals surface area (Å²) in [6.45, 7) is 0.134. The van der Waals surface area contributed by atoms with E-state index >= 15 is 0 Å². The minimum atomic E-state index is -4.42. The molecular formula is C16H11F4N3OS. The zero-order valence-corrected chi connectivity index (χ0v) is 13.4. The largest absolute Gasteiger partial charge is 0.453 e. The molecule has 0 spiro atoms. The lowest BCUT2D eigenvalue weighted by Crippen LogP contribution is -2.01. The number of pyridine rings is 1. The predicted molar refractivity (Wildman–Crippen MR) is 85.2 cm³/mol. The van der Waals surface area contributed by atoms with Crippen LogP contribution in [-0.4, -0.2) is 9.97 Å². The first-order chi connectivity index (χ1) is 11.9. The topological polar surface area (TPSA) is 47.0 Å². The van der Waals surface area contributed by atoms with Crippen molar-refractivity contribution in [2.24, 2.45) is 0 Å². The molecule has 0 saturated heterocycles. The van der Waals surface area contributed by atoms with Crippen molar-refractivity contribution in [3.8, 4) is 11.5 Å². The van der Waals surface area contributed by atoms with Gasteiger partial charge in [0.15, 0.2) is 16.7 Å². The van der Waals surface area contributed by atoms with E-state index in [1.807, 2.05) is 0 Å². The fourth-order valence-electron chi connectivity index (χ4n) is 1.94. The molecule has 0 radical (unpaired) electrons. The molecule has 0 bridgehead atoms. The maximum atomic E-state index is 14.1. The highest BCUT2D eigenvalue weighted by atomic mass is 32.1. The molecule has 0 aliphatic heterocycles. The molecule has 9 heteroatoms. The molecule has 0 fully saturated rings. The number of aromatic nitrogens is 2. The van der Waals surface area contributed by atoms with Crippen LogP contribution in [0.25, 0.3) is 0 Å². The molecule has 2 heterocycles. The van der Waals surface area contributed by atoms with Crippen molar-refractivity contribution >= 4 is 16.5 Å². The predicted octanol–water partition coefficient (Wildman–Crippen LogP) is 5.10. The number of anilines is 1. The van der Waals surface area contributed by atoms with Gasteiger partial charge in [0.05, 0.1) is 12.4 Å². The second kappa shape index (κ2) is 7.06. The Balaban J connectivity index is 1.64. The Hall–Kier alpha value is -2.68. The van der Waals surface area contributed by atoms with Gasteiger partial charge in [-0.05, 0) is 29.8 Å². The monoisotopic (exact) mass is 369 g/mol. The summed E-state index contributed by atoms with van der Waals surface area (Å²) in [5.41, 5.74) is 0.541. The van der Waals surface area contributed by atoms with Crippen LogP contribution in [0.5, 0.6) is 11.5 Å². The number of thiazole rings is 1. The normalized spacial score (nSPS) is 11.4. The summed E-state index contributed by atoms with van der Waals surface area (Å²) in [5.74, 6) is -0.154. The van der Waals surface area contributed by atoms with Crippen LogP contribution in [0.1, 0.15) is 10.4 Å². The van der Waals surface area contributed by atoms with Crippen LogP contribution >= 0.6 is 11.3 Å². The molecular weight excluding hydrogens is 358 g/mol. The van der Waals surface area contributed by atoms with Crippen molar-refractivity contribution < 1.29 is 22.3 Å². The van der Waals surface area contributed by atoms with Crippen molar-refractivity contribution in [3.63, 3.8) is 0 Å². The lowest BCUT2D eigenvalue weighted by atomic mass is 10.2. The summed E-state index contributed by atoms with van der Waals surface area (Å²) >= 11 is 0.496. The second-order valence-electron chi connectivity index (χ2n) is 4.94. The number of alkyl halides is 3. The van der Waals surface area contributed by atoms with Gasteiger partial charge in [0.1, 0.15) is 10.6 Å². The molecule has 0 aliphatic carbocycles. The Bertz CT molecular complexity index is 852. The first kappa shape index (κ1) is 17.2. The van der Waals surface area contributed by atoms with Crippen LogP contribution in [0.3, 0.4) is 0 Å². The summed E-state index contributed by atoms with van der Waals surface area (Å²) in [6, 6.07) is 7.61. The van der Waals surface area contributed by atoms with Gasteiger partial charge in [-0.25, -0.2) is 9.37 Å². The Labute approximate surface area is 144 Å². The first-order valence-corrected chi connectivity index (χ1v) is 7.86. The zero-order chi connectivity index (χ0) is 17.9. The number of hydrogen-bond donors (Lipinski definition) is 1. The molecule has 0 amide bonds. The van der Waals surface area contributed by atoms with Gasteiger partial charge in [-0.15, -0.1) is 0 Å². The molecule has 130 valence electrons. The van der Waals surface area contributed by atoms with Crippen LogP contribution in [0.15, 0.2) is 48.9 Å². The van der Waals surface area contributed by atoms with E-state index in [0.29, 0.717) is 22.6 Å². The van der Waals surface area contributed by atoms with Crippen molar-refractivity contribution in [3.05, 3.63) is 65.2 Å². The van der Waals surface area contributed by atoms with E-state index in [4.69, 9.17) is 4.74 Å². The number of benzene rings is 1. The average molecular weight is 369 g/mol. The number of rotatable bonds is 5. The van der Waals surface area contributed by atoms with E-state index in [1.165, 1.54) is 18.3 Å². The van der Waals surface area contributed by atoms with E-state index < -0.39 is 16.9 Å². The number of ether oxygens (including phenoxy) is 1. The maximum absolute atomic E-state index is 14.1. The van der Waals surface area contributed by atoms with Gasteiger partial charge in [0.2, 0.25) is 0 Å². The van der Waals surface area contributed by atoms with Crippen molar-refractivity contribution in [2.75, 3.05) is 5.32 Å². The minimum absolute atomic E-state index is 0.0327. The quantitative estimate of drug-likeness (QED) is 0.636. The highest BCUT2D eigenvalue weighted by Crippen LogP contribution is 2.35. The standard InChI is InChI=1S/C16H11F4N3OS/c17-12-6-10(3-4-13(12)24-11-2-1-5-21-8-11)7-22-15-23-9-14(25-15)16(18,19)20/h1-6,8-9H,7H2,(H,22,23). The fourth-order valence-corrected chi connectivity index (χ4v) is 2.62. The molecule has 2 aromatic heterocycles. The third kappa shape index (κ3) is 4.44. The number of nitrogens with zero attached hydrogens (tertiary/aromatic N) is 2. The van der Waals surface area contributed by atoms with Crippen LogP contribution in [0.2, 0.25) is 0 Å². The van der Waals surface area contributed by atoms with Crippen LogP contribution in [0, 0.1) is 5.82 Å². The van der Waals surface area contributed by atoms with Crippen LogP contribution < -0.4 is 10.1 Å². The third-order valence-corrected chi connectivity index (χ3v) is 4.09. The third-order valence-electron chi connectivity index (χ3n) is 3.09. The Morgan fingerprint density at radius 2 is 2.00 bits per heavy atom. The molecule has 3 aromatic rings.